The molecule has 0 aliphatic carbocycles. The van der Waals surface area contributed by atoms with Crippen LogP contribution < -0.4 is 4.72 Å². The SMILES string of the molecule is O=S(=O)(NCc1ccc(-c2ccco2)nc1)c1ccc(C(F)(F)F)cc1. The zero-order chi connectivity index (χ0) is 18.8. The quantitative estimate of drug-likeness (QED) is 0.728. The summed E-state index contributed by atoms with van der Waals surface area (Å²) in [6, 6.07) is 10.1. The van der Waals surface area contributed by atoms with Crippen molar-refractivity contribution in [1.82, 2.24) is 9.71 Å². The second kappa shape index (κ2) is 6.93. The van der Waals surface area contributed by atoms with E-state index < -0.39 is 21.8 Å². The molecule has 0 amide bonds. The zero-order valence-electron chi connectivity index (χ0n) is 13.2. The van der Waals surface area contributed by atoms with Gasteiger partial charge in [0.1, 0.15) is 5.69 Å². The van der Waals surface area contributed by atoms with Gasteiger partial charge < -0.3 is 4.42 Å². The van der Waals surface area contributed by atoms with Gasteiger partial charge in [0, 0.05) is 12.7 Å². The Hall–Kier alpha value is -2.65. The lowest BCUT2D eigenvalue weighted by Crippen LogP contribution is -2.23. The van der Waals surface area contributed by atoms with E-state index >= 15 is 0 Å². The van der Waals surface area contributed by atoms with E-state index in [0.717, 1.165) is 24.3 Å². The number of halogens is 3. The van der Waals surface area contributed by atoms with Gasteiger partial charge in [0.2, 0.25) is 10.0 Å². The van der Waals surface area contributed by atoms with Gasteiger partial charge in [-0.2, -0.15) is 13.2 Å². The first-order valence-corrected chi connectivity index (χ1v) is 8.90. The van der Waals surface area contributed by atoms with Gasteiger partial charge in [-0.1, -0.05) is 6.07 Å². The number of hydrogen-bond acceptors (Lipinski definition) is 4. The summed E-state index contributed by atoms with van der Waals surface area (Å²) >= 11 is 0. The number of aromatic nitrogens is 1. The predicted octanol–water partition coefficient (Wildman–Crippen LogP) is 3.84. The van der Waals surface area contributed by atoms with Gasteiger partial charge in [-0.3, -0.25) is 4.98 Å². The van der Waals surface area contributed by atoms with Gasteiger partial charge in [-0.25, -0.2) is 13.1 Å². The highest BCUT2D eigenvalue weighted by atomic mass is 32.2. The monoisotopic (exact) mass is 382 g/mol. The number of nitrogens with zero attached hydrogens (tertiary/aromatic N) is 1. The van der Waals surface area contributed by atoms with E-state index in [1.54, 1.807) is 24.3 Å². The molecule has 9 heteroatoms. The molecule has 1 aromatic carbocycles. The highest BCUT2D eigenvalue weighted by molar-refractivity contribution is 7.89. The molecule has 3 aromatic rings. The van der Waals surface area contributed by atoms with Crippen LogP contribution in [0.25, 0.3) is 11.5 Å². The molecule has 1 N–H and O–H groups in total. The van der Waals surface area contributed by atoms with E-state index in [1.807, 2.05) is 0 Å². The lowest BCUT2D eigenvalue weighted by Gasteiger charge is -2.09. The Morgan fingerprint density at radius 1 is 1.04 bits per heavy atom. The number of benzene rings is 1. The van der Waals surface area contributed by atoms with Crippen molar-refractivity contribution in [3.8, 4) is 11.5 Å². The summed E-state index contributed by atoms with van der Waals surface area (Å²) in [6.45, 7) is -0.0468. The highest BCUT2D eigenvalue weighted by Crippen LogP contribution is 2.29. The molecule has 2 heterocycles. The maximum absolute atomic E-state index is 12.5. The minimum Gasteiger partial charge on any atom is -0.463 e. The second-order valence-electron chi connectivity index (χ2n) is 5.38. The Morgan fingerprint density at radius 2 is 1.77 bits per heavy atom. The summed E-state index contributed by atoms with van der Waals surface area (Å²) in [6.07, 6.45) is -1.51. The van der Waals surface area contributed by atoms with E-state index in [-0.39, 0.29) is 11.4 Å². The van der Waals surface area contributed by atoms with Crippen LogP contribution in [-0.4, -0.2) is 13.4 Å². The van der Waals surface area contributed by atoms with E-state index in [1.165, 1.54) is 12.5 Å². The lowest BCUT2D eigenvalue weighted by atomic mass is 10.2. The molecule has 0 radical (unpaired) electrons. The van der Waals surface area contributed by atoms with Crippen molar-refractivity contribution in [3.05, 3.63) is 72.1 Å². The molecule has 5 nitrogen and oxygen atoms in total. The average molecular weight is 382 g/mol. The minimum atomic E-state index is -4.52. The van der Waals surface area contributed by atoms with Gasteiger partial charge in [-0.05, 0) is 48.0 Å². The maximum atomic E-state index is 12.5. The Balaban J connectivity index is 1.68. The fourth-order valence-electron chi connectivity index (χ4n) is 2.18. The van der Waals surface area contributed by atoms with E-state index in [4.69, 9.17) is 4.42 Å². The van der Waals surface area contributed by atoms with Crippen molar-refractivity contribution >= 4 is 10.0 Å². The van der Waals surface area contributed by atoms with Crippen molar-refractivity contribution in [1.29, 1.82) is 0 Å². The van der Waals surface area contributed by atoms with Crippen LogP contribution in [0.3, 0.4) is 0 Å². The molecule has 136 valence electrons. The second-order valence-corrected chi connectivity index (χ2v) is 7.14. The molecule has 0 fully saturated rings. The zero-order valence-corrected chi connectivity index (χ0v) is 14.0. The summed E-state index contributed by atoms with van der Waals surface area (Å²) in [5.41, 5.74) is 0.286. The summed E-state index contributed by atoms with van der Waals surface area (Å²) in [7, 11) is -3.94. The number of hydrogen-bond donors (Lipinski definition) is 1. The number of pyridine rings is 1. The maximum Gasteiger partial charge on any atom is 0.416 e. The predicted molar refractivity (Wildman–Crippen MR) is 87.4 cm³/mol. The van der Waals surface area contributed by atoms with Crippen molar-refractivity contribution in [2.45, 2.75) is 17.6 Å². The Morgan fingerprint density at radius 3 is 2.31 bits per heavy atom. The molecule has 0 atom stereocenters. The molecule has 0 aliphatic heterocycles. The van der Waals surface area contributed by atoms with Crippen LogP contribution in [0.15, 0.2) is 70.3 Å². The third-order valence-electron chi connectivity index (χ3n) is 3.56. The molecule has 0 spiro atoms. The van der Waals surface area contributed by atoms with E-state index in [9.17, 15) is 21.6 Å². The third-order valence-corrected chi connectivity index (χ3v) is 4.97. The fourth-order valence-corrected chi connectivity index (χ4v) is 3.20. The molecule has 2 aromatic heterocycles. The van der Waals surface area contributed by atoms with Gasteiger partial charge in [0.05, 0.1) is 16.7 Å². The van der Waals surface area contributed by atoms with Crippen LogP contribution in [0.5, 0.6) is 0 Å². The first-order valence-electron chi connectivity index (χ1n) is 7.41. The molecule has 0 bridgehead atoms. The summed E-state index contributed by atoms with van der Waals surface area (Å²) in [5.74, 6) is 0.585. The van der Waals surface area contributed by atoms with Gasteiger partial charge in [0.25, 0.3) is 0 Å². The third kappa shape index (κ3) is 4.12. The average Bonchev–Trinajstić information content (AvgIpc) is 3.14. The standard InChI is InChI=1S/C17H13F3N2O3S/c18-17(19,20)13-4-6-14(7-5-13)26(23,24)22-11-12-3-8-15(21-10-12)16-2-1-9-25-16/h1-10,22H,11H2. The molecule has 0 unspecified atom stereocenters. The summed E-state index contributed by atoms with van der Waals surface area (Å²) in [5, 5.41) is 0. The number of nitrogens with one attached hydrogen (secondary N) is 1. The van der Waals surface area contributed by atoms with Crippen LogP contribution in [-0.2, 0) is 22.7 Å². The van der Waals surface area contributed by atoms with Gasteiger partial charge >= 0.3 is 6.18 Å². The van der Waals surface area contributed by atoms with Crippen LogP contribution in [0, 0.1) is 0 Å². The fraction of sp³-hybridized carbons (Fsp3) is 0.118. The molecule has 3 rings (SSSR count). The van der Waals surface area contributed by atoms with Crippen LogP contribution in [0.2, 0.25) is 0 Å². The van der Waals surface area contributed by atoms with Crippen LogP contribution >= 0.6 is 0 Å². The molecule has 0 aliphatic rings. The topological polar surface area (TPSA) is 72.2 Å². The minimum absolute atomic E-state index is 0.0468. The van der Waals surface area contributed by atoms with Crippen LogP contribution in [0.4, 0.5) is 13.2 Å². The summed E-state index contributed by atoms with van der Waals surface area (Å²) < 4.78 is 69.6. The van der Waals surface area contributed by atoms with Crippen molar-refractivity contribution in [2.75, 3.05) is 0 Å². The highest BCUT2D eigenvalue weighted by Gasteiger charge is 2.30. The molecule has 26 heavy (non-hydrogen) atoms. The number of rotatable bonds is 5. The number of sulfonamides is 1. The van der Waals surface area contributed by atoms with Crippen LogP contribution in [0.1, 0.15) is 11.1 Å². The van der Waals surface area contributed by atoms with Gasteiger partial charge in [-0.15, -0.1) is 0 Å². The number of furan rings is 1. The Kier molecular flexibility index (Phi) is 4.84. The van der Waals surface area contributed by atoms with Crippen molar-refractivity contribution < 1.29 is 26.0 Å². The van der Waals surface area contributed by atoms with Crippen molar-refractivity contribution in [2.24, 2.45) is 0 Å². The first kappa shape index (κ1) is 18.2. The Bertz CT molecular complexity index is 966. The van der Waals surface area contributed by atoms with Crippen molar-refractivity contribution in [3.63, 3.8) is 0 Å². The molecular weight excluding hydrogens is 369 g/mol. The summed E-state index contributed by atoms with van der Waals surface area (Å²) in [4.78, 5) is 3.93. The molecule has 0 saturated heterocycles. The molecular formula is C17H13F3N2O3S. The smallest absolute Gasteiger partial charge is 0.416 e. The van der Waals surface area contributed by atoms with E-state index in [2.05, 4.69) is 9.71 Å². The van der Waals surface area contributed by atoms with Gasteiger partial charge in [0.15, 0.2) is 5.76 Å². The lowest BCUT2D eigenvalue weighted by molar-refractivity contribution is -0.137. The number of alkyl halides is 3. The normalized spacial score (nSPS) is 12.3. The Labute approximate surface area is 147 Å². The largest absolute Gasteiger partial charge is 0.463 e. The first-order chi connectivity index (χ1) is 12.3. The van der Waals surface area contributed by atoms with E-state index in [0.29, 0.717) is 17.0 Å². The molecule has 0 saturated carbocycles.